The van der Waals surface area contributed by atoms with Crippen LogP contribution >= 0.6 is 0 Å². The predicted molar refractivity (Wildman–Crippen MR) is 243 cm³/mol. The van der Waals surface area contributed by atoms with Crippen molar-refractivity contribution in [2.75, 3.05) is 6.54 Å². The SMILES string of the molecule is CC(=O)N(C(=O)c1cccc(C2CCCCC2)c1)[C@@H](Cc1ccc(F)cc1)C(=O)N[C@@H](Cc1ccc(N=C(N)N)cc1)C(=O)N[C@@H](CC(C)C)C(=O)N[C@@H](CCCN=C(N)N)C(N)=O. The fraction of sp³-hybridized carbons (Fsp3) is 0.435. The highest BCUT2D eigenvalue weighted by atomic mass is 19.1. The van der Waals surface area contributed by atoms with Gasteiger partial charge in [0.2, 0.25) is 29.5 Å². The Balaban J connectivity index is 1.71. The maximum Gasteiger partial charge on any atom is 0.261 e. The molecule has 0 unspecified atom stereocenters. The van der Waals surface area contributed by atoms with E-state index >= 15 is 0 Å². The molecule has 4 atom stereocenters. The van der Waals surface area contributed by atoms with Crippen molar-refractivity contribution in [3.8, 4) is 0 Å². The van der Waals surface area contributed by atoms with Gasteiger partial charge < -0.3 is 44.6 Å². The number of nitrogens with two attached hydrogens (primary N) is 5. The van der Waals surface area contributed by atoms with Gasteiger partial charge in [0.05, 0.1) is 5.69 Å². The molecule has 0 bridgehead atoms. The highest BCUT2D eigenvalue weighted by Crippen LogP contribution is 2.33. The number of hydrogen-bond donors (Lipinski definition) is 8. The van der Waals surface area contributed by atoms with E-state index < -0.39 is 65.4 Å². The molecule has 1 aliphatic carbocycles. The van der Waals surface area contributed by atoms with Crippen molar-refractivity contribution in [2.24, 2.45) is 44.6 Å². The second-order valence-electron chi connectivity index (χ2n) is 16.6. The molecular formula is C46H62FN11O6. The summed E-state index contributed by atoms with van der Waals surface area (Å²) in [7, 11) is 0. The molecule has 3 aromatic rings. The van der Waals surface area contributed by atoms with E-state index in [9.17, 15) is 33.2 Å². The average Bonchev–Trinajstić information content (AvgIpc) is 3.24. The fourth-order valence-corrected chi connectivity index (χ4v) is 7.75. The van der Waals surface area contributed by atoms with Gasteiger partial charge in [-0.2, -0.15) is 0 Å². The van der Waals surface area contributed by atoms with Crippen molar-refractivity contribution in [3.05, 3.63) is 101 Å². The minimum Gasteiger partial charge on any atom is -0.370 e. The average molecular weight is 884 g/mol. The molecule has 64 heavy (non-hydrogen) atoms. The molecule has 6 amide bonds. The largest absolute Gasteiger partial charge is 0.370 e. The van der Waals surface area contributed by atoms with E-state index in [1.165, 1.54) is 31.2 Å². The van der Waals surface area contributed by atoms with Crippen LogP contribution in [0.1, 0.15) is 105 Å². The van der Waals surface area contributed by atoms with Crippen LogP contribution in [0.5, 0.6) is 0 Å². The highest BCUT2D eigenvalue weighted by molar-refractivity contribution is 6.08. The maximum absolute atomic E-state index is 14.8. The molecule has 1 aliphatic rings. The normalized spacial score (nSPS) is 14.5. The molecule has 13 N–H and O–H groups in total. The molecule has 0 saturated heterocycles. The van der Waals surface area contributed by atoms with Gasteiger partial charge in [-0.05, 0) is 97.0 Å². The van der Waals surface area contributed by atoms with Gasteiger partial charge in [-0.15, -0.1) is 0 Å². The number of carbonyl (C=O) groups excluding carboxylic acids is 6. The molecule has 0 aliphatic heterocycles. The van der Waals surface area contributed by atoms with Crippen molar-refractivity contribution in [2.45, 2.75) is 115 Å². The lowest BCUT2D eigenvalue weighted by atomic mass is 9.83. The zero-order valence-corrected chi connectivity index (χ0v) is 36.7. The first-order valence-electron chi connectivity index (χ1n) is 21.5. The van der Waals surface area contributed by atoms with Crippen LogP contribution < -0.4 is 44.6 Å². The minimum atomic E-state index is -1.52. The molecule has 1 saturated carbocycles. The quantitative estimate of drug-likeness (QED) is 0.0440. The lowest BCUT2D eigenvalue weighted by Gasteiger charge is -2.31. The third-order valence-electron chi connectivity index (χ3n) is 10.9. The number of carbonyl (C=O) groups is 6. The zero-order chi connectivity index (χ0) is 46.9. The summed E-state index contributed by atoms with van der Waals surface area (Å²) in [5, 5.41) is 8.15. The van der Waals surface area contributed by atoms with Crippen molar-refractivity contribution < 1.29 is 33.2 Å². The number of primary amides is 1. The van der Waals surface area contributed by atoms with Gasteiger partial charge in [0, 0.05) is 31.9 Å². The molecule has 18 heteroatoms. The Kier molecular flexibility index (Phi) is 18.8. The van der Waals surface area contributed by atoms with Crippen molar-refractivity contribution in [1.82, 2.24) is 20.9 Å². The van der Waals surface area contributed by atoms with Crippen molar-refractivity contribution >= 4 is 53.0 Å². The summed E-state index contributed by atoms with van der Waals surface area (Å²) in [6, 6.07) is 13.6. The van der Waals surface area contributed by atoms with E-state index in [-0.39, 0.29) is 61.5 Å². The summed E-state index contributed by atoms with van der Waals surface area (Å²) >= 11 is 0. The molecule has 0 radical (unpaired) electrons. The summed E-state index contributed by atoms with van der Waals surface area (Å²) < 4.78 is 14.1. The number of amides is 6. The Morgan fingerprint density at radius 3 is 1.92 bits per heavy atom. The first kappa shape index (κ1) is 49.8. The summed E-state index contributed by atoms with van der Waals surface area (Å²) in [6.07, 6.45) is 5.40. The minimum absolute atomic E-state index is 0.112. The Morgan fingerprint density at radius 2 is 1.33 bits per heavy atom. The van der Waals surface area contributed by atoms with E-state index in [1.807, 2.05) is 19.9 Å². The number of guanidine groups is 2. The standard InChI is InChI=1S/C46H62FN11O6/c1-27(2)23-37(41(61)55-36(40(48)60)13-8-22-53-45(49)50)56-42(62)38(24-29-16-20-35(21-17-29)54-46(51)52)57-43(63)39(25-30-14-18-34(47)19-15-30)58(28(3)59)44(64)33-12-7-11-32(26-33)31-9-5-4-6-10-31/h7,11-12,14-21,26-27,31,36-39H,4-6,8-10,13,22-25H2,1-3H3,(H2,48,60)(H,55,61)(H,56,62)(H,57,63)(H4,49,50,53)(H4,51,52,54)/t36-,37-,38-,39-/m0/s1. The molecular weight excluding hydrogens is 822 g/mol. The fourth-order valence-electron chi connectivity index (χ4n) is 7.75. The number of imide groups is 1. The molecule has 1 fully saturated rings. The second kappa shape index (κ2) is 24.1. The number of halogens is 1. The molecule has 0 aromatic heterocycles. The van der Waals surface area contributed by atoms with E-state index in [2.05, 4.69) is 25.9 Å². The zero-order valence-electron chi connectivity index (χ0n) is 36.7. The Hall–Kier alpha value is -6.85. The van der Waals surface area contributed by atoms with E-state index in [1.54, 1.807) is 42.5 Å². The third-order valence-corrected chi connectivity index (χ3v) is 10.9. The van der Waals surface area contributed by atoms with Crippen LogP contribution in [0.25, 0.3) is 0 Å². The molecule has 4 rings (SSSR count). The highest BCUT2D eigenvalue weighted by Gasteiger charge is 2.37. The smallest absolute Gasteiger partial charge is 0.261 e. The van der Waals surface area contributed by atoms with Crippen molar-refractivity contribution in [1.29, 1.82) is 0 Å². The van der Waals surface area contributed by atoms with Crippen molar-refractivity contribution in [3.63, 3.8) is 0 Å². The van der Waals surface area contributed by atoms with Gasteiger partial charge in [0.1, 0.15) is 30.0 Å². The summed E-state index contributed by atoms with van der Waals surface area (Å²) in [4.78, 5) is 92.3. The summed E-state index contributed by atoms with van der Waals surface area (Å²) in [5.74, 6) is -5.33. The number of rotatable bonds is 21. The molecule has 3 aromatic carbocycles. The van der Waals surface area contributed by atoms with Gasteiger partial charge in [-0.1, -0.05) is 69.5 Å². The Labute approximate surface area is 373 Å². The van der Waals surface area contributed by atoms with Gasteiger partial charge in [0.15, 0.2) is 11.9 Å². The topological polar surface area (TPSA) is 297 Å². The predicted octanol–water partition coefficient (Wildman–Crippen LogP) is 2.66. The first-order chi connectivity index (χ1) is 30.4. The van der Waals surface area contributed by atoms with E-state index in [0.717, 1.165) is 42.6 Å². The third kappa shape index (κ3) is 15.5. The number of hydrogen-bond acceptors (Lipinski definition) is 8. The maximum atomic E-state index is 14.8. The number of nitrogens with one attached hydrogen (secondary N) is 3. The van der Waals surface area contributed by atoms with Crippen LogP contribution in [0.2, 0.25) is 0 Å². The van der Waals surface area contributed by atoms with Crippen LogP contribution in [-0.4, -0.2) is 83.0 Å². The van der Waals surface area contributed by atoms with E-state index in [0.29, 0.717) is 23.2 Å². The lowest BCUT2D eigenvalue weighted by Crippen LogP contribution is -2.60. The molecule has 17 nitrogen and oxygen atoms in total. The lowest BCUT2D eigenvalue weighted by molar-refractivity contribution is -0.138. The molecule has 344 valence electrons. The van der Waals surface area contributed by atoms with Crippen LogP contribution in [0, 0.1) is 11.7 Å². The van der Waals surface area contributed by atoms with E-state index in [4.69, 9.17) is 28.7 Å². The van der Waals surface area contributed by atoms with Gasteiger partial charge >= 0.3 is 0 Å². The van der Waals surface area contributed by atoms with Gasteiger partial charge in [-0.25, -0.2) is 9.38 Å². The van der Waals surface area contributed by atoms with Gasteiger partial charge in [0.25, 0.3) is 5.91 Å². The Morgan fingerprint density at radius 1 is 0.734 bits per heavy atom. The number of benzene rings is 3. The van der Waals surface area contributed by atoms with Crippen LogP contribution in [0.4, 0.5) is 10.1 Å². The first-order valence-corrected chi connectivity index (χ1v) is 21.5. The summed E-state index contributed by atoms with van der Waals surface area (Å²) in [5.41, 5.74) is 30.1. The second-order valence-corrected chi connectivity index (χ2v) is 16.6. The summed E-state index contributed by atoms with van der Waals surface area (Å²) in [6.45, 7) is 5.03. The van der Waals surface area contributed by atoms with Crippen LogP contribution in [0.15, 0.2) is 82.8 Å². The number of nitrogens with zero attached hydrogens (tertiary/aromatic N) is 3. The Bertz CT molecular complexity index is 2150. The van der Waals surface area contributed by atoms with Crippen LogP contribution in [-0.2, 0) is 36.8 Å². The molecule has 0 heterocycles. The molecule has 0 spiro atoms. The monoisotopic (exact) mass is 883 g/mol. The van der Waals surface area contributed by atoms with Gasteiger partial charge in [-0.3, -0.25) is 38.7 Å². The van der Waals surface area contributed by atoms with Crippen LogP contribution in [0.3, 0.4) is 0 Å². The number of aliphatic imine (C=N–C) groups is 2.